The summed E-state index contributed by atoms with van der Waals surface area (Å²) in [4.78, 5) is 14.5. The van der Waals surface area contributed by atoms with E-state index in [-0.39, 0.29) is 23.5 Å². The first-order valence-electron chi connectivity index (χ1n) is 10.4. The quantitative estimate of drug-likeness (QED) is 0.732. The molecule has 0 atom stereocenters. The first-order chi connectivity index (χ1) is 14.3. The number of nitrogens with one attached hydrogen (secondary N) is 1. The van der Waals surface area contributed by atoms with Crippen molar-refractivity contribution in [1.29, 1.82) is 0 Å². The predicted molar refractivity (Wildman–Crippen MR) is 117 cm³/mol. The van der Waals surface area contributed by atoms with Gasteiger partial charge in [-0.2, -0.15) is 0 Å². The van der Waals surface area contributed by atoms with E-state index in [2.05, 4.69) is 4.72 Å². The second-order valence-corrected chi connectivity index (χ2v) is 9.47. The molecule has 162 valence electrons. The number of aryl methyl sites for hydroxylation is 2. The highest BCUT2D eigenvalue weighted by atomic mass is 32.2. The van der Waals surface area contributed by atoms with Crippen LogP contribution in [-0.4, -0.2) is 45.0 Å². The fourth-order valence-electron chi connectivity index (χ4n) is 3.55. The van der Waals surface area contributed by atoms with Gasteiger partial charge in [-0.1, -0.05) is 31.2 Å². The average Bonchev–Trinajstić information content (AvgIpc) is 2.75. The number of rotatable bonds is 7. The van der Waals surface area contributed by atoms with Crippen molar-refractivity contribution < 1.29 is 17.9 Å². The van der Waals surface area contributed by atoms with Crippen LogP contribution in [0.2, 0.25) is 0 Å². The Kier molecular flexibility index (Phi) is 7.15. The van der Waals surface area contributed by atoms with Gasteiger partial charge in [-0.25, -0.2) is 13.1 Å². The van der Waals surface area contributed by atoms with Crippen molar-refractivity contribution in [3.63, 3.8) is 0 Å². The van der Waals surface area contributed by atoms with E-state index in [4.69, 9.17) is 4.74 Å². The third kappa shape index (κ3) is 5.40. The van der Waals surface area contributed by atoms with Crippen LogP contribution in [0, 0.1) is 13.8 Å². The average molecular weight is 431 g/mol. The van der Waals surface area contributed by atoms with Gasteiger partial charge in [0.05, 0.1) is 4.90 Å². The number of hydrogen-bond donors (Lipinski definition) is 1. The summed E-state index contributed by atoms with van der Waals surface area (Å²) in [6.07, 6.45) is 2.04. The van der Waals surface area contributed by atoms with E-state index in [9.17, 15) is 13.2 Å². The van der Waals surface area contributed by atoms with Gasteiger partial charge in [0.1, 0.15) is 5.75 Å². The number of carbonyl (C=O) groups excluding carboxylic acids is 1. The summed E-state index contributed by atoms with van der Waals surface area (Å²) in [7, 11) is -3.56. The van der Waals surface area contributed by atoms with Crippen LogP contribution in [0.15, 0.2) is 47.4 Å². The summed E-state index contributed by atoms with van der Waals surface area (Å²) in [5, 5.41) is 0. The van der Waals surface area contributed by atoms with Crippen molar-refractivity contribution in [3.05, 3.63) is 59.2 Å². The van der Waals surface area contributed by atoms with Gasteiger partial charge in [-0.3, -0.25) is 4.79 Å². The standard InChI is InChI=1S/C23H30N2O4S/c1-4-19-8-10-21(11-9-19)30(27,28)24-20-12-14-25(15-13-20)23(26)16-29-22-7-5-6-17(2)18(22)3/h5-11,20,24H,4,12-16H2,1-3H3. The fraction of sp³-hybridized carbons (Fsp3) is 0.435. The van der Waals surface area contributed by atoms with Crippen LogP contribution in [0.4, 0.5) is 0 Å². The molecule has 1 amide bonds. The van der Waals surface area contributed by atoms with Gasteiger partial charge >= 0.3 is 0 Å². The molecule has 0 aliphatic carbocycles. The van der Waals surface area contributed by atoms with Gasteiger partial charge < -0.3 is 9.64 Å². The number of nitrogens with zero attached hydrogens (tertiary/aromatic N) is 1. The molecule has 2 aromatic rings. The van der Waals surface area contributed by atoms with Crippen LogP contribution >= 0.6 is 0 Å². The number of hydrogen-bond acceptors (Lipinski definition) is 4. The molecule has 1 N–H and O–H groups in total. The minimum atomic E-state index is -3.56. The van der Waals surface area contributed by atoms with Gasteiger partial charge in [0.15, 0.2) is 6.61 Å². The molecule has 0 aromatic heterocycles. The zero-order chi connectivity index (χ0) is 21.7. The van der Waals surface area contributed by atoms with E-state index in [1.165, 1.54) is 0 Å². The second kappa shape index (κ2) is 9.62. The van der Waals surface area contributed by atoms with Gasteiger partial charge in [0.2, 0.25) is 10.0 Å². The molecule has 2 aromatic carbocycles. The minimum Gasteiger partial charge on any atom is -0.483 e. The van der Waals surface area contributed by atoms with E-state index in [1.807, 2.05) is 51.1 Å². The highest BCUT2D eigenvalue weighted by Crippen LogP contribution is 2.21. The number of piperidine rings is 1. The first kappa shape index (κ1) is 22.3. The van der Waals surface area contributed by atoms with Crippen LogP contribution < -0.4 is 9.46 Å². The van der Waals surface area contributed by atoms with Crippen molar-refractivity contribution in [1.82, 2.24) is 9.62 Å². The van der Waals surface area contributed by atoms with Crippen molar-refractivity contribution in [2.45, 2.75) is 51.0 Å². The number of benzene rings is 2. The first-order valence-corrected chi connectivity index (χ1v) is 11.9. The van der Waals surface area contributed by atoms with Crippen LogP contribution in [0.3, 0.4) is 0 Å². The summed E-state index contributed by atoms with van der Waals surface area (Å²) in [6, 6.07) is 12.6. The van der Waals surface area contributed by atoms with E-state index in [0.29, 0.717) is 25.9 Å². The summed E-state index contributed by atoms with van der Waals surface area (Å²) < 4.78 is 33.7. The maximum atomic E-state index is 12.6. The highest BCUT2D eigenvalue weighted by molar-refractivity contribution is 7.89. The largest absolute Gasteiger partial charge is 0.483 e. The predicted octanol–water partition coefficient (Wildman–Crippen LogP) is 3.21. The molecule has 1 aliphatic rings. The van der Waals surface area contributed by atoms with Gasteiger partial charge in [-0.05, 0) is 68.0 Å². The highest BCUT2D eigenvalue weighted by Gasteiger charge is 2.27. The van der Waals surface area contributed by atoms with E-state index in [1.54, 1.807) is 17.0 Å². The molecule has 6 nitrogen and oxygen atoms in total. The smallest absolute Gasteiger partial charge is 0.260 e. The topological polar surface area (TPSA) is 75.7 Å². The van der Waals surface area contributed by atoms with E-state index in [0.717, 1.165) is 28.9 Å². The lowest BCUT2D eigenvalue weighted by Gasteiger charge is -2.32. The summed E-state index contributed by atoms with van der Waals surface area (Å²) in [5.41, 5.74) is 3.26. The molecule has 30 heavy (non-hydrogen) atoms. The van der Waals surface area contributed by atoms with Crippen molar-refractivity contribution in [2.75, 3.05) is 19.7 Å². The van der Waals surface area contributed by atoms with Gasteiger partial charge in [0.25, 0.3) is 5.91 Å². The Morgan fingerprint density at radius 1 is 1.10 bits per heavy atom. The Labute approximate surface area is 179 Å². The van der Waals surface area contributed by atoms with E-state index < -0.39 is 10.0 Å². The minimum absolute atomic E-state index is 0.00946. The number of likely N-dealkylation sites (tertiary alicyclic amines) is 1. The molecule has 3 rings (SSSR count). The number of carbonyl (C=O) groups is 1. The molecule has 7 heteroatoms. The van der Waals surface area contributed by atoms with E-state index >= 15 is 0 Å². The summed E-state index contributed by atoms with van der Waals surface area (Å²) >= 11 is 0. The van der Waals surface area contributed by atoms with Crippen molar-refractivity contribution in [3.8, 4) is 5.75 Å². The molecule has 0 saturated carbocycles. The molecule has 1 aliphatic heterocycles. The number of ether oxygens (including phenoxy) is 1. The molecule has 1 saturated heterocycles. The fourth-order valence-corrected chi connectivity index (χ4v) is 4.85. The monoisotopic (exact) mass is 430 g/mol. The molecule has 0 spiro atoms. The van der Waals surface area contributed by atoms with Crippen LogP contribution in [0.5, 0.6) is 5.75 Å². The lowest BCUT2D eigenvalue weighted by Crippen LogP contribution is -2.47. The maximum Gasteiger partial charge on any atom is 0.260 e. The van der Waals surface area contributed by atoms with Crippen LogP contribution in [-0.2, 0) is 21.2 Å². The van der Waals surface area contributed by atoms with Crippen LogP contribution in [0.1, 0.15) is 36.5 Å². The second-order valence-electron chi connectivity index (χ2n) is 7.76. The Morgan fingerprint density at radius 2 is 1.77 bits per heavy atom. The van der Waals surface area contributed by atoms with Crippen molar-refractivity contribution >= 4 is 15.9 Å². The van der Waals surface area contributed by atoms with Crippen LogP contribution in [0.25, 0.3) is 0 Å². The summed E-state index contributed by atoms with van der Waals surface area (Å²) in [5.74, 6) is 0.646. The van der Waals surface area contributed by atoms with Gasteiger partial charge in [-0.15, -0.1) is 0 Å². The molecule has 1 fully saturated rings. The molecule has 0 bridgehead atoms. The number of amides is 1. The zero-order valence-corrected chi connectivity index (χ0v) is 18.7. The lowest BCUT2D eigenvalue weighted by atomic mass is 10.1. The zero-order valence-electron chi connectivity index (χ0n) is 17.8. The Hall–Kier alpha value is -2.38. The Morgan fingerprint density at radius 3 is 2.40 bits per heavy atom. The Balaban J connectivity index is 1.50. The summed E-state index contributed by atoms with van der Waals surface area (Å²) in [6.45, 7) is 7.03. The van der Waals surface area contributed by atoms with Crippen molar-refractivity contribution in [2.24, 2.45) is 0 Å². The number of sulfonamides is 1. The lowest BCUT2D eigenvalue weighted by molar-refractivity contribution is -0.134. The molecule has 0 radical (unpaired) electrons. The third-order valence-corrected chi connectivity index (χ3v) is 7.25. The SMILES string of the molecule is CCc1ccc(S(=O)(=O)NC2CCN(C(=O)COc3cccc(C)c3C)CC2)cc1. The normalized spacial score (nSPS) is 15.2. The molecular formula is C23H30N2O4S. The molecule has 0 unspecified atom stereocenters. The maximum absolute atomic E-state index is 12.6. The molecule has 1 heterocycles. The molecular weight excluding hydrogens is 400 g/mol. The third-order valence-electron chi connectivity index (χ3n) is 5.72. The Bertz CT molecular complexity index is 979. The van der Waals surface area contributed by atoms with Gasteiger partial charge in [0, 0.05) is 19.1 Å².